The van der Waals surface area contributed by atoms with E-state index in [2.05, 4.69) is 34.2 Å². The number of hydrogen-bond acceptors (Lipinski definition) is 6. The molecule has 2 aromatic carbocycles. The van der Waals surface area contributed by atoms with E-state index in [4.69, 9.17) is 10.5 Å². The van der Waals surface area contributed by atoms with Gasteiger partial charge in [-0.15, -0.1) is 5.10 Å². The molecule has 0 bridgehead atoms. The Kier molecular flexibility index (Phi) is 9.96. The Hall–Kier alpha value is -2.94. The molecular weight excluding hydrogens is 414 g/mol. The Morgan fingerprint density at radius 1 is 1.06 bits per heavy atom. The van der Waals surface area contributed by atoms with Gasteiger partial charge in [0.05, 0.1) is 12.7 Å². The van der Waals surface area contributed by atoms with Crippen LogP contribution in [0, 0.1) is 0 Å². The molecule has 0 saturated heterocycles. The summed E-state index contributed by atoms with van der Waals surface area (Å²) in [6.07, 6.45) is 3.96. The molecule has 9 heteroatoms. The second-order valence-electron chi connectivity index (χ2n) is 6.98. The summed E-state index contributed by atoms with van der Waals surface area (Å²) in [5, 5.41) is 11.0. The van der Waals surface area contributed by atoms with Crippen LogP contribution >= 0.6 is 0 Å². The lowest BCUT2D eigenvalue weighted by atomic mass is 10.1. The Morgan fingerprint density at radius 2 is 1.71 bits per heavy atom. The van der Waals surface area contributed by atoms with Crippen molar-refractivity contribution in [3.8, 4) is 11.5 Å². The molecule has 0 spiro atoms. The Morgan fingerprint density at radius 3 is 2.26 bits per heavy atom. The van der Waals surface area contributed by atoms with Crippen molar-refractivity contribution in [3.63, 3.8) is 0 Å². The summed E-state index contributed by atoms with van der Waals surface area (Å²) < 4.78 is 30.5. The van der Waals surface area contributed by atoms with Crippen LogP contribution in [-0.2, 0) is 10.7 Å². The summed E-state index contributed by atoms with van der Waals surface area (Å²) in [5.41, 5.74) is 7.19. The van der Waals surface area contributed by atoms with E-state index >= 15 is 0 Å². The van der Waals surface area contributed by atoms with Crippen molar-refractivity contribution in [3.05, 3.63) is 48.0 Å². The van der Waals surface area contributed by atoms with E-state index in [9.17, 15) is 8.42 Å². The van der Waals surface area contributed by atoms with Gasteiger partial charge in [-0.3, -0.25) is 0 Å². The third kappa shape index (κ3) is 7.06. The summed E-state index contributed by atoms with van der Waals surface area (Å²) in [5.74, 6) is 0.937. The highest BCUT2D eigenvalue weighted by Gasteiger charge is 2.21. The number of unbranched alkanes of at least 4 members (excludes halogenated alkanes) is 2. The van der Waals surface area contributed by atoms with Crippen molar-refractivity contribution in [1.82, 2.24) is 0 Å². The fraction of sp³-hybridized carbons (Fsp3) is 0.409. The van der Waals surface area contributed by atoms with Crippen LogP contribution in [0.4, 0.5) is 5.69 Å². The van der Waals surface area contributed by atoms with Crippen molar-refractivity contribution in [2.75, 3.05) is 25.0 Å². The molecule has 2 N–H and O–H groups in total. The molecule has 168 valence electrons. The van der Waals surface area contributed by atoms with Crippen LogP contribution in [0.25, 0.3) is 0 Å². The predicted molar refractivity (Wildman–Crippen MR) is 125 cm³/mol. The van der Waals surface area contributed by atoms with Crippen molar-refractivity contribution < 1.29 is 13.2 Å². The van der Waals surface area contributed by atoms with Crippen molar-refractivity contribution in [2.45, 2.75) is 44.4 Å². The molecular formula is C22H31N5O3S. The van der Waals surface area contributed by atoms with E-state index in [0.29, 0.717) is 22.7 Å². The van der Waals surface area contributed by atoms with Crippen molar-refractivity contribution in [2.24, 2.45) is 21.2 Å². The van der Waals surface area contributed by atoms with Gasteiger partial charge in [-0.05, 0) is 42.3 Å². The fourth-order valence-corrected chi connectivity index (χ4v) is 3.60. The molecule has 0 amide bonds. The average molecular weight is 446 g/mol. The average Bonchev–Trinajstić information content (AvgIpc) is 2.78. The molecule has 0 aliphatic carbocycles. The van der Waals surface area contributed by atoms with Crippen molar-refractivity contribution in [1.29, 1.82) is 0 Å². The molecule has 2 aromatic rings. The molecule has 0 aliphatic rings. The number of thiol groups is 1. The number of nitrogens with two attached hydrogens (primary N) is 1. The lowest BCUT2D eigenvalue weighted by molar-refractivity contribution is 0.466. The van der Waals surface area contributed by atoms with E-state index in [0.717, 1.165) is 38.8 Å². The van der Waals surface area contributed by atoms with Gasteiger partial charge in [0.2, 0.25) is 0 Å². The van der Waals surface area contributed by atoms with E-state index in [1.165, 1.54) is 13.1 Å². The standard InChI is InChI=1S/C22H31N5O3S/c1-4-6-13-27(14-7-5-2)19-15-17(22(23)25-26-24-3)16-20(31(28)29)21(19)30-18-11-9-8-10-12-18/h8-12,15-16,31H,4-7,13-14H2,1-3H3,(H2,23,24,25). The summed E-state index contributed by atoms with van der Waals surface area (Å²) in [4.78, 5) is 2.21. The van der Waals surface area contributed by atoms with Crippen LogP contribution in [0.2, 0.25) is 0 Å². The first-order chi connectivity index (χ1) is 15.0. The molecule has 0 atom stereocenters. The Bertz CT molecular complexity index is 959. The van der Waals surface area contributed by atoms with Crippen LogP contribution in [-0.4, -0.2) is 34.4 Å². The van der Waals surface area contributed by atoms with Gasteiger partial charge in [0.1, 0.15) is 10.6 Å². The van der Waals surface area contributed by atoms with Crippen LogP contribution < -0.4 is 15.4 Å². The minimum atomic E-state index is -2.95. The zero-order chi connectivity index (χ0) is 22.6. The minimum absolute atomic E-state index is 0.0518. The second-order valence-corrected chi connectivity index (χ2v) is 7.98. The van der Waals surface area contributed by atoms with Crippen LogP contribution in [0.15, 0.2) is 62.8 Å². The number of para-hydroxylation sites is 1. The number of anilines is 1. The first-order valence-electron chi connectivity index (χ1n) is 10.4. The van der Waals surface area contributed by atoms with Gasteiger partial charge in [0.25, 0.3) is 0 Å². The van der Waals surface area contributed by atoms with Gasteiger partial charge in [-0.1, -0.05) is 44.9 Å². The smallest absolute Gasteiger partial charge is 0.172 e. The third-order valence-electron chi connectivity index (χ3n) is 4.65. The molecule has 0 aliphatic heterocycles. The number of nitrogens with zero attached hydrogens (tertiary/aromatic N) is 4. The lowest BCUT2D eigenvalue weighted by Gasteiger charge is -2.28. The number of rotatable bonds is 12. The molecule has 0 unspecified atom stereocenters. The zero-order valence-corrected chi connectivity index (χ0v) is 19.2. The van der Waals surface area contributed by atoms with Gasteiger partial charge >= 0.3 is 0 Å². The summed E-state index contributed by atoms with van der Waals surface area (Å²) in [6.45, 7) is 5.78. The zero-order valence-electron chi connectivity index (χ0n) is 18.3. The lowest BCUT2D eigenvalue weighted by Crippen LogP contribution is -2.27. The van der Waals surface area contributed by atoms with Gasteiger partial charge in [0.15, 0.2) is 22.3 Å². The highest BCUT2D eigenvalue weighted by atomic mass is 32.2. The summed E-state index contributed by atoms with van der Waals surface area (Å²) >= 11 is 0. The third-order valence-corrected chi connectivity index (χ3v) is 5.38. The molecule has 0 radical (unpaired) electrons. The van der Waals surface area contributed by atoms with E-state index in [1.54, 1.807) is 12.1 Å². The topological polar surface area (TPSA) is 110 Å². The van der Waals surface area contributed by atoms with E-state index in [-0.39, 0.29) is 10.7 Å². The van der Waals surface area contributed by atoms with Crippen LogP contribution in [0.1, 0.15) is 45.1 Å². The quantitative estimate of drug-likeness (QED) is 0.164. The molecule has 0 saturated carbocycles. The Labute approximate surface area is 185 Å². The number of hydrogen-bond donors (Lipinski definition) is 2. The van der Waals surface area contributed by atoms with Crippen LogP contribution in [0.5, 0.6) is 11.5 Å². The monoisotopic (exact) mass is 445 g/mol. The molecule has 31 heavy (non-hydrogen) atoms. The SMILES string of the molecule is CCCCN(CCCC)c1cc(/C(N)=N/N=N\C)cc([SH](=O)=O)c1Oc1ccccc1. The molecule has 0 fully saturated rings. The number of amidine groups is 1. The summed E-state index contributed by atoms with van der Waals surface area (Å²) in [7, 11) is -1.47. The first kappa shape index (κ1) is 24.3. The maximum absolute atomic E-state index is 12.2. The number of ether oxygens (including phenoxy) is 1. The van der Waals surface area contributed by atoms with Crippen molar-refractivity contribution >= 4 is 22.2 Å². The molecule has 0 heterocycles. The van der Waals surface area contributed by atoms with E-state index in [1.807, 2.05) is 24.3 Å². The minimum Gasteiger partial charge on any atom is -0.454 e. The highest BCUT2D eigenvalue weighted by molar-refractivity contribution is 7.72. The van der Waals surface area contributed by atoms with Crippen LogP contribution in [0.3, 0.4) is 0 Å². The van der Waals surface area contributed by atoms with Gasteiger partial charge < -0.3 is 15.4 Å². The second kappa shape index (κ2) is 12.7. The predicted octanol–water partition coefficient (Wildman–Crippen LogP) is 4.56. The molecule has 8 nitrogen and oxygen atoms in total. The van der Waals surface area contributed by atoms with E-state index < -0.39 is 10.7 Å². The fourth-order valence-electron chi connectivity index (χ4n) is 3.03. The van der Waals surface area contributed by atoms with Gasteiger partial charge in [-0.2, -0.15) is 5.11 Å². The molecule has 0 aromatic heterocycles. The maximum Gasteiger partial charge on any atom is 0.172 e. The largest absolute Gasteiger partial charge is 0.454 e. The Balaban J connectivity index is 2.70. The maximum atomic E-state index is 12.2. The van der Waals surface area contributed by atoms with Gasteiger partial charge in [-0.25, -0.2) is 8.42 Å². The first-order valence-corrected chi connectivity index (χ1v) is 11.6. The number of benzene rings is 2. The van der Waals surface area contributed by atoms with Gasteiger partial charge in [0, 0.05) is 18.7 Å². The highest BCUT2D eigenvalue weighted by Crippen LogP contribution is 2.38. The summed E-state index contributed by atoms with van der Waals surface area (Å²) in [6, 6.07) is 12.4. The normalized spacial score (nSPS) is 11.9. The molecule has 2 rings (SSSR count).